The predicted octanol–water partition coefficient (Wildman–Crippen LogP) is 3.85. The van der Waals surface area contributed by atoms with E-state index in [2.05, 4.69) is 9.88 Å². The first-order valence-electron chi connectivity index (χ1n) is 12.6. The van der Waals surface area contributed by atoms with Crippen LogP contribution in [0.1, 0.15) is 52.5 Å². The lowest BCUT2D eigenvalue weighted by Crippen LogP contribution is -2.53. The molecule has 1 atom stereocenters. The number of nitrogens with one attached hydrogen (secondary N) is 1. The van der Waals surface area contributed by atoms with Crippen LogP contribution in [0.2, 0.25) is 0 Å². The predicted molar refractivity (Wildman–Crippen MR) is 135 cm³/mol. The molecule has 2 aromatic carbocycles. The first-order valence-corrected chi connectivity index (χ1v) is 12.6. The number of amides is 2. The van der Waals surface area contributed by atoms with Gasteiger partial charge in [-0.1, -0.05) is 12.1 Å². The number of aromatic amines is 1. The molecule has 2 amide bonds. The number of hydrogen-bond acceptors (Lipinski definition) is 4. The largest absolute Gasteiger partial charge is 0.360 e. The molecule has 0 unspecified atom stereocenters. The zero-order chi connectivity index (χ0) is 25.2. The molecule has 2 saturated heterocycles. The molecule has 3 aromatic rings. The van der Waals surface area contributed by atoms with Gasteiger partial charge in [0, 0.05) is 68.0 Å². The molecule has 0 spiro atoms. The van der Waals surface area contributed by atoms with Gasteiger partial charge in [0.15, 0.2) is 0 Å². The van der Waals surface area contributed by atoms with E-state index in [0.717, 1.165) is 30.3 Å². The van der Waals surface area contributed by atoms with Crippen LogP contribution in [0.5, 0.6) is 0 Å². The van der Waals surface area contributed by atoms with Crippen LogP contribution in [0.3, 0.4) is 0 Å². The topological polar surface area (TPSA) is 76.7 Å². The summed E-state index contributed by atoms with van der Waals surface area (Å²) in [5.41, 5.74) is 2.60. The van der Waals surface area contributed by atoms with Crippen LogP contribution >= 0.6 is 0 Å². The van der Waals surface area contributed by atoms with Crippen molar-refractivity contribution in [3.63, 3.8) is 0 Å². The minimum atomic E-state index is -0.527. The molecule has 2 fully saturated rings. The number of carbonyl (C=O) groups excluding carboxylic acids is 3. The fourth-order valence-corrected chi connectivity index (χ4v) is 5.28. The van der Waals surface area contributed by atoms with Crippen LogP contribution in [0.4, 0.5) is 4.39 Å². The van der Waals surface area contributed by atoms with Gasteiger partial charge in [-0.05, 0) is 62.1 Å². The van der Waals surface area contributed by atoms with E-state index >= 15 is 0 Å². The van der Waals surface area contributed by atoms with Crippen molar-refractivity contribution in [2.45, 2.75) is 38.8 Å². The van der Waals surface area contributed by atoms with Crippen LogP contribution < -0.4 is 0 Å². The average Bonchev–Trinajstić information content (AvgIpc) is 3.33. The summed E-state index contributed by atoms with van der Waals surface area (Å²) in [6.07, 6.45) is 4.61. The quantitative estimate of drug-likeness (QED) is 0.436. The summed E-state index contributed by atoms with van der Waals surface area (Å²) in [4.78, 5) is 48.1. The lowest BCUT2D eigenvalue weighted by Gasteiger charge is -2.40. The maximum atomic E-state index is 13.5. The van der Waals surface area contributed by atoms with Gasteiger partial charge in [0.2, 0.25) is 5.78 Å². The normalized spacial score (nSPS) is 19.0. The number of carbonyl (C=O) groups is 3. The fraction of sp³-hybridized carbons (Fsp3) is 0.393. The number of piperidine rings is 1. The Hall–Kier alpha value is -3.52. The summed E-state index contributed by atoms with van der Waals surface area (Å²) in [5, 5.41) is 0.651. The zero-order valence-electron chi connectivity index (χ0n) is 20.5. The minimum Gasteiger partial charge on any atom is -0.360 e. The highest BCUT2D eigenvalue weighted by Gasteiger charge is 2.30. The van der Waals surface area contributed by atoms with Crippen molar-refractivity contribution >= 4 is 28.5 Å². The number of halogens is 1. The molecule has 1 aromatic heterocycles. The summed E-state index contributed by atoms with van der Waals surface area (Å²) in [7, 11) is 0. The Morgan fingerprint density at radius 3 is 2.44 bits per heavy atom. The lowest BCUT2D eigenvalue weighted by molar-refractivity contribution is -0.127. The third kappa shape index (κ3) is 4.91. The summed E-state index contributed by atoms with van der Waals surface area (Å²) in [6.45, 7) is 5.95. The molecule has 7 nitrogen and oxygen atoms in total. The van der Waals surface area contributed by atoms with E-state index in [-0.39, 0.29) is 17.8 Å². The molecule has 188 valence electrons. The van der Waals surface area contributed by atoms with Crippen molar-refractivity contribution in [1.82, 2.24) is 19.7 Å². The van der Waals surface area contributed by atoms with Gasteiger partial charge in [-0.3, -0.25) is 19.3 Å². The van der Waals surface area contributed by atoms with E-state index in [4.69, 9.17) is 0 Å². The monoisotopic (exact) mass is 490 g/mol. The summed E-state index contributed by atoms with van der Waals surface area (Å²) in [6, 6.07) is 11.6. The van der Waals surface area contributed by atoms with Gasteiger partial charge in [-0.2, -0.15) is 0 Å². The Bertz CT molecular complexity index is 1280. The molecular formula is C28H31FN4O3. The molecule has 2 aliphatic rings. The SMILES string of the molecule is C[C@@H]1CN(Cc2ccc(F)cc2)CCN1C(=O)c1c[nH]c2ccc(C(=O)C(=O)N3CCCCC3)cc12. The van der Waals surface area contributed by atoms with Crippen LogP contribution in [0.25, 0.3) is 10.9 Å². The minimum absolute atomic E-state index is 0.0119. The Kier molecular flexibility index (Phi) is 6.87. The van der Waals surface area contributed by atoms with E-state index in [9.17, 15) is 18.8 Å². The Labute approximate surface area is 209 Å². The van der Waals surface area contributed by atoms with Crippen molar-refractivity contribution in [2.24, 2.45) is 0 Å². The van der Waals surface area contributed by atoms with Gasteiger partial charge >= 0.3 is 0 Å². The number of hydrogen-bond donors (Lipinski definition) is 1. The molecule has 3 heterocycles. The molecule has 0 saturated carbocycles. The first-order chi connectivity index (χ1) is 17.4. The van der Waals surface area contributed by atoms with Crippen LogP contribution in [0.15, 0.2) is 48.7 Å². The smallest absolute Gasteiger partial charge is 0.294 e. The van der Waals surface area contributed by atoms with Gasteiger partial charge < -0.3 is 14.8 Å². The number of aromatic nitrogens is 1. The van der Waals surface area contributed by atoms with Crippen molar-refractivity contribution in [3.05, 3.63) is 71.2 Å². The molecule has 36 heavy (non-hydrogen) atoms. The van der Waals surface area contributed by atoms with Crippen molar-refractivity contribution in [2.75, 3.05) is 32.7 Å². The zero-order valence-corrected chi connectivity index (χ0v) is 20.5. The third-order valence-electron chi connectivity index (χ3n) is 7.30. The van der Waals surface area contributed by atoms with Crippen molar-refractivity contribution < 1.29 is 18.8 Å². The lowest BCUT2D eigenvalue weighted by atomic mass is 10.0. The van der Waals surface area contributed by atoms with Crippen LogP contribution in [-0.4, -0.2) is 76.0 Å². The average molecular weight is 491 g/mol. The van der Waals surface area contributed by atoms with Gasteiger partial charge in [-0.15, -0.1) is 0 Å². The first kappa shape index (κ1) is 24.2. The van der Waals surface area contributed by atoms with Gasteiger partial charge in [0.05, 0.1) is 5.56 Å². The third-order valence-corrected chi connectivity index (χ3v) is 7.30. The fourth-order valence-electron chi connectivity index (χ4n) is 5.28. The van der Waals surface area contributed by atoms with Crippen LogP contribution in [-0.2, 0) is 11.3 Å². The molecule has 2 aliphatic heterocycles. The number of likely N-dealkylation sites (tertiary alicyclic amines) is 1. The molecule has 5 rings (SSSR count). The van der Waals surface area contributed by atoms with Crippen LogP contribution in [0, 0.1) is 5.82 Å². The van der Waals surface area contributed by atoms with Gasteiger partial charge in [0.1, 0.15) is 5.82 Å². The highest BCUT2D eigenvalue weighted by atomic mass is 19.1. The number of nitrogens with zero attached hydrogens (tertiary/aromatic N) is 3. The summed E-state index contributed by atoms with van der Waals surface area (Å²) in [5.74, 6) is -1.34. The van der Waals surface area contributed by atoms with E-state index in [1.807, 2.05) is 11.8 Å². The Morgan fingerprint density at radius 1 is 0.972 bits per heavy atom. The second kappa shape index (κ2) is 10.2. The standard InChI is InChI=1S/C28H31FN4O3/c1-19-17-31(18-20-5-8-22(29)9-6-20)13-14-33(19)27(35)24-16-30-25-10-7-21(15-23(24)25)26(34)28(36)32-11-3-2-4-12-32/h5-10,15-16,19,30H,2-4,11-14,17-18H2,1H3/t19-/m1/s1. The number of Topliss-reactive ketones (excluding diaryl/α,β-unsaturated/α-hetero) is 1. The summed E-state index contributed by atoms with van der Waals surface area (Å²) < 4.78 is 13.2. The second-order valence-electron chi connectivity index (χ2n) is 9.85. The number of fused-ring (bicyclic) bond motifs is 1. The maximum absolute atomic E-state index is 13.5. The second-order valence-corrected chi connectivity index (χ2v) is 9.85. The Morgan fingerprint density at radius 2 is 1.72 bits per heavy atom. The van der Waals surface area contributed by atoms with E-state index in [1.54, 1.807) is 41.4 Å². The number of benzene rings is 2. The number of rotatable bonds is 5. The number of piperazine rings is 1. The molecule has 8 heteroatoms. The number of ketones is 1. The molecule has 1 N–H and O–H groups in total. The Balaban J connectivity index is 1.29. The van der Waals surface area contributed by atoms with E-state index in [0.29, 0.717) is 55.8 Å². The highest BCUT2D eigenvalue weighted by molar-refractivity contribution is 6.43. The summed E-state index contributed by atoms with van der Waals surface area (Å²) >= 11 is 0. The van der Waals surface area contributed by atoms with Gasteiger partial charge in [-0.25, -0.2) is 4.39 Å². The molecule has 0 radical (unpaired) electrons. The van der Waals surface area contributed by atoms with Crippen molar-refractivity contribution in [3.8, 4) is 0 Å². The molecule has 0 bridgehead atoms. The maximum Gasteiger partial charge on any atom is 0.294 e. The van der Waals surface area contributed by atoms with E-state index < -0.39 is 11.7 Å². The number of H-pyrrole nitrogens is 1. The highest BCUT2D eigenvalue weighted by Crippen LogP contribution is 2.24. The molecular weight excluding hydrogens is 459 g/mol. The van der Waals surface area contributed by atoms with E-state index in [1.165, 1.54) is 12.1 Å². The van der Waals surface area contributed by atoms with Gasteiger partial charge in [0.25, 0.3) is 11.8 Å². The molecule has 0 aliphatic carbocycles. The van der Waals surface area contributed by atoms with Crippen molar-refractivity contribution in [1.29, 1.82) is 0 Å².